The topological polar surface area (TPSA) is 555 Å². The van der Waals surface area contributed by atoms with Gasteiger partial charge in [0, 0.05) is 22.2 Å². The van der Waals surface area contributed by atoms with E-state index in [1.165, 1.54) is 18.2 Å². The molecule has 0 bridgehead atoms. The normalized spacial score (nSPS) is 13.0. The molecule has 418 valence electrons. The van der Waals surface area contributed by atoms with Gasteiger partial charge in [0.05, 0.1) is 32.3 Å². The van der Waals surface area contributed by atoms with Gasteiger partial charge in [-0.05, 0) is 78.9 Å². The van der Waals surface area contributed by atoms with Crippen molar-refractivity contribution in [3.63, 3.8) is 0 Å². The van der Waals surface area contributed by atoms with Crippen LogP contribution in [0.4, 0.5) is 56.9 Å². The first-order chi connectivity index (χ1) is 37.7. The van der Waals surface area contributed by atoms with Crippen molar-refractivity contribution in [2.45, 2.75) is 24.5 Å². The highest BCUT2D eigenvalue weighted by molar-refractivity contribution is 7.87. The van der Waals surface area contributed by atoms with Crippen molar-refractivity contribution in [1.82, 2.24) is 9.78 Å². The number of phenolic OH excluding ortho intramolecular Hbond substituents is 2. The molecule has 0 saturated heterocycles. The molecule has 8 rings (SSSR count). The predicted octanol–water partition coefficient (Wildman–Crippen LogP) is 7.97. The number of benzene rings is 7. The fraction of sp³-hybridized carbons (Fsp3) is 0. The number of carbonyl (C=O) groups is 1. The van der Waals surface area contributed by atoms with Crippen molar-refractivity contribution < 1.29 is 89.9 Å². The number of para-hydroxylation sites is 1. The first-order valence-electron chi connectivity index (χ1n) is 21.2. The van der Waals surface area contributed by atoms with E-state index in [0.29, 0.717) is 22.9 Å². The molecule has 0 aliphatic heterocycles. The maximum absolute atomic E-state index is 13.3. The molecule has 11 N–H and O–H groups in total. The number of carboxylic acids is 1. The molecule has 8 aromatic rings. The standard InChI is InChI=1S/C42H28N12O22S5/c43-34-28(17-30(78(65,66)67)22-11-13-26(39(56)33(22)34)47-45-24-3-1-2-4-29(24)54(60)61)49-48-27-14-10-21-23(40(27)81(74,75)76)16-32(80(71,72)73)35(38(21)55)50-44-18-5-12-25(31(15-18)79(68,69)70)46-51-36-37(42(58)59)52-53(41(36)57)19-6-8-20(9-7-19)77(62,63)64/h1-17,52,55-56H,43H2,(H,58,59)(H,62,63,64)(H,65,66,67)(H,68,69,70)(H,71,72,73)(H,74,75,76). The number of nitrogens with one attached hydrogen (secondary N) is 1. The summed E-state index contributed by atoms with van der Waals surface area (Å²) in [6.45, 7) is 0. The van der Waals surface area contributed by atoms with E-state index in [4.69, 9.17) is 5.73 Å². The van der Waals surface area contributed by atoms with E-state index in [1.54, 1.807) is 0 Å². The number of nitro groups is 1. The molecule has 0 amide bonds. The third-order valence-electron chi connectivity index (χ3n) is 11.0. The van der Waals surface area contributed by atoms with Crippen molar-refractivity contribution in [3.05, 3.63) is 129 Å². The number of nitrogens with two attached hydrogens (primary N) is 1. The number of nitrogens with zero attached hydrogens (tertiary/aromatic N) is 10. The Morgan fingerprint density at radius 2 is 1.10 bits per heavy atom. The van der Waals surface area contributed by atoms with Gasteiger partial charge in [-0.3, -0.25) is 42.8 Å². The number of nitrogen functional groups attached to an aromatic ring is 1. The summed E-state index contributed by atoms with van der Waals surface area (Å²) in [5, 5.41) is 72.8. The van der Waals surface area contributed by atoms with E-state index in [2.05, 4.69) is 46.0 Å². The van der Waals surface area contributed by atoms with Gasteiger partial charge >= 0.3 is 5.97 Å². The second kappa shape index (κ2) is 20.8. The zero-order valence-corrected chi connectivity index (χ0v) is 43.3. The lowest BCUT2D eigenvalue weighted by Gasteiger charge is -2.13. The summed E-state index contributed by atoms with van der Waals surface area (Å²) in [5.41, 5.74) is -3.17. The summed E-state index contributed by atoms with van der Waals surface area (Å²) in [6.07, 6.45) is 0. The number of aromatic hydroxyl groups is 2. The van der Waals surface area contributed by atoms with Gasteiger partial charge in [-0.1, -0.05) is 18.2 Å². The second-order valence-electron chi connectivity index (χ2n) is 16.1. The van der Waals surface area contributed by atoms with Crippen LogP contribution in [-0.4, -0.2) is 101 Å². The summed E-state index contributed by atoms with van der Waals surface area (Å²) in [4.78, 5) is 30.5. The van der Waals surface area contributed by atoms with Gasteiger partial charge in [-0.25, -0.2) is 9.48 Å². The molecule has 0 atom stereocenters. The summed E-state index contributed by atoms with van der Waals surface area (Å²) in [7, 11) is -26.6. The number of hydrogen-bond acceptors (Lipinski definition) is 25. The number of anilines is 1. The Bertz CT molecular complexity index is 4850. The number of phenols is 2. The van der Waals surface area contributed by atoms with E-state index >= 15 is 0 Å². The molecule has 1 aromatic heterocycles. The van der Waals surface area contributed by atoms with Crippen LogP contribution in [0.5, 0.6) is 11.5 Å². The number of nitro benzene ring substituents is 1. The molecular formula is C42H28N12O22S5. The van der Waals surface area contributed by atoms with Crippen LogP contribution in [-0.2, 0) is 50.6 Å². The molecule has 39 heteroatoms. The van der Waals surface area contributed by atoms with Crippen LogP contribution in [0.15, 0.2) is 173 Å². The van der Waals surface area contributed by atoms with E-state index in [0.717, 1.165) is 66.7 Å². The van der Waals surface area contributed by atoms with Gasteiger partial charge in [0.2, 0.25) is 0 Å². The maximum atomic E-state index is 13.3. The molecule has 0 unspecified atom stereocenters. The number of carboxylic acid groups (broad SMARTS) is 1. The van der Waals surface area contributed by atoms with Crippen LogP contribution in [0.3, 0.4) is 0 Å². The maximum Gasteiger partial charge on any atom is 0.356 e. The number of hydrogen-bond donors (Lipinski definition) is 10. The fourth-order valence-corrected chi connectivity index (χ4v) is 10.8. The summed E-state index contributed by atoms with van der Waals surface area (Å²) < 4.78 is 176. The average molecular weight is 1210 g/mol. The largest absolute Gasteiger partial charge is 0.505 e. The Hall–Kier alpha value is -9.71. The van der Waals surface area contributed by atoms with Crippen molar-refractivity contribution >= 4 is 135 Å². The number of aromatic amines is 1. The molecule has 7 aromatic carbocycles. The Morgan fingerprint density at radius 3 is 1.70 bits per heavy atom. The summed E-state index contributed by atoms with van der Waals surface area (Å²) in [6, 6.07) is 15.5. The molecule has 0 spiro atoms. The van der Waals surface area contributed by atoms with Crippen molar-refractivity contribution in [2.75, 3.05) is 5.73 Å². The number of azo groups is 4. The first-order valence-corrected chi connectivity index (χ1v) is 28.4. The van der Waals surface area contributed by atoms with Crippen molar-refractivity contribution in [2.24, 2.45) is 40.9 Å². The van der Waals surface area contributed by atoms with E-state index in [1.807, 2.05) is 0 Å². The average Bonchev–Trinajstić information content (AvgIpc) is 3.76. The number of aromatic nitrogens is 2. The van der Waals surface area contributed by atoms with Gasteiger partial charge < -0.3 is 21.1 Å². The zero-order chi connectivity index (χ0) is 59.5. The van der Waals surface area contributed by atoms with Crippen LogP contribution >= 0.6 is 0 Å². The minimum Gasteiger partial charge on any atom is -0.505 e. The summed E-state index contributed by atoms with van der Waals surface area (Å²) in [5.74, 6) is -4.03. The highest BCUT2D eigenvalue weighted by Crippen LogP contribution is 2.48. The SMILES string of the molecule is Nc1c(N=Nc2ccc3c(O)c(N=Nc4ccc(N=Nc5c(C(=O)O)[nH]n(-c6ccc(S(=O)(=O)O)cc6)c5=O)c(S(=O)(=O)O)c4)c(S(=O)(=O)O)cc3c2S(=O)(=O)O)cc(S(=O)(=O)O)c2ccc(N=Nc3ccccc3[N+](=O)[O-])c(O)c12. The van der Waals surface area contributed by atoms with Gasteiger partial charge in [0.1, 0.15) is 48.0 Å². The van der Waals surface area contributed by atoms with E-state index in [9.17, 15) is 99.9 Å². The van der Waals surface area contributed by atoms with Crippen LogP contribution < -0.4 is 11.3 Å². The zero-order valence-electron chi connectivity index (χ0n) is 39.2. The molecular weight excluding hydrogens is 1180 g/mol. The summed E-state index contributed by atoms with van der Waals surface area (Å²) >= 11 is 0. The Labute approximate surface area is 450 Å². The highest BCUT2D eigenvalue weighted by atomic mass is 32.2. The molecule has 0 aliphatic rings. The van der Waals surface area contributed by atoms with Crippen LogP contribution in [0, 0.1) is 10.1 Å². The lowest BCUT2D eigenvalue weighted by molar-refractivity contribution is -0.384. The van der Waals surface area contributed by atoms with Gasteiger partial charge in [0.15, 0.2) is 28.6 Å². The molecule has 0 fully saturated rings. The molecule has 81 heavy (non-hydrogen) atoms. The van der Waals surface area contributed by atoms with Gasteiger partial charge in [0.25, 0.3) is 61.8 Å². The van der Waals surface area contributed by atoms with Gasteiger partial charge in [-0.2, -0.15) is 47.2 Å². The second-order valence-corrected chi connectivity index (χ2v) is 23.0. The molecule has 0 saturated carbocycles. The van der Waals surface area contributed by atoms with E-state index < -0.39 is 181 Å². The Kier molecular flexibility index (Phi) is 14.8. The predicted molar refractivity (Wildman–Crippen MR) is 274 cm³/mol. The number of H-pyrrole nitrogens is 1. The third-order valence-corrected chi connectivity index (χ3v) is 15.5. The van der Waals surface area contributed by atoms with Crippen molar-refractivity contribution in [3.8, 4) is 17.2 Å². The lowest BCUT2D eigenvalue weighted by atomic mass is 10.1. The van der Waals surface area contributed by atoms with Crippen molar-refractivity contribution in [1.29, 1.82) is 0 Å². The molecule has 0 aliphatic carbocycles. The van der Waals surface area contributed by atoms with Crippen LogP contribution in [0.2, 0.25) is 0 Å². The first kappa shape index (κ1) is 57.5. The number of fused-ring (bicyclic) bond motifs is 2. The van der Waals surface area contributed by atoms with Crippen LogP contribution in [0.25, 0.3) is 27.2 Å². The smallest absolute Gasteiger partial charge is 0.356 e. The third kappa shape index (κ3) is 11.6. The Balaban J connectivity index is 1.19. The monoisotopic (exact) mass is 1210 g/mol. The molecule has 1 heterocycles. The molecule has 0 radical (unpaired) electrons. The molecule has 34 nitrogen and oxygen atoms in total. The highest BCUT2D eigenvalue weighted by Gasteiger charge is 2.30. The minimum absolute atomic E-state index is 0.181. The number of aromatic carboxylic acids is 1. The Morgan fingerprint density at radius 1 is 0.543 bits per heavy atom. The minimum atomic E-state index is -5.65. The van der Waals surface area contributed by atoms with E-state index in [-0.39, 0.29) is 11.4 Å². The quantitative estimate of drug-likeness (QED) is 0.0144. The number of rotatable bonds is 16. The fourth-order valence-electron chi connectivity index (χ4n) is 7.47. The van der Waals surface area contributed by atoms with Crippen LogP contribution in [0.1, 0.15) is 10.5 Å². The lowest BCUT2D eigenvalue weighted by Crippen LogP contribution is -2.14. The van der Waals surface area contributed by atoms with Gasteiger partial charge in [-0.15, -0.1) is 35.8 Å².